The van der Waals surface area contributed by atoms with Crippen LogP contribution >= 0.6 is 0 Å². The number of H-pyrrole nitrogens is 1. The highest BCUT2D eigenvalue weighted by Crippen LogP contribution is 2.48. The average Bonchev–Trinajstić information content (AvgIpc) is 3.39. The van der Waals surface area contributed by atoms with Gasteiger partial charge in [0.2, 0.25) is 5.95 Å². The van der Waals surface area contributed by atoms with E-state index in [0.29, 0.717) is 28.1 Å². The van der Waals surface area contributed by atoms with Crippen LogP contribution in [0.15, 0.2) is 35.6 Å². The third-order valence-electron chi connectivity index (χ3n) is 6.00. The predicted octanol–water partition coefficient (Wildman–Crippen LogP) is 4.84. The maximum Gasteiger partial charge on any atom is 0.319 e. The van der Waals surface area contributed by atoms with Crippen LogP contribution in [0.2, 0.25) is 0 Å². The Kier molecular flexibility index (Phi) is 6.33. The number of aromatic amines is 1. The zero-order chi connectivity index (χ0) is 27.4. The summed E-state index contributed by atoms with van der Waals surface area (Å²) in [4.78, 5) is 13.6. The van der Waals surface area contributed by atoms with Crippen LogP contribution in [-0.4, -0.2) is 51.4 Å². The summed E-state index contributed by atoms with van der Waals surface area (Å²) in [7, 11) is -2.57. The number of aryl methyl sites for hydroxylation is 1. The van der Waals surface area contributed by atoms with Crippen molar-refractivity contribution < 1.29 is 26.0 Å². The van der Waals surface area contributed by atoms with Gasteiger partial charge in [-0.3, -0.25) is 9.67 Å². The topological polar surface area (TPSA) is 122 Å². The van der Waals surface area contributed by atoms with Crippen LogP contribution in [0.3, 0.4) is 0 Å². The number of sulfone groups is 1. The first-order chi connectivity index (χ1) is 17.9. The van der Waals surface area contributed by atoms with Gasteiger partial charge in [0.25, 0.3) is 0 Å². The van der Waals surface area contributed by atoms with Crippen molar-refractivity contribution in [3.05, 3.63) is 53.6 Å². The number of anilines is 4. The summed E-state index contributed by atoms with van der Waals surface area (Å²) < 4.78 is 80.9. The van der Waals surface area contributed by atoms with Crippen molar-refractivity contribution in [1.82, 2.24) is 29.7 Å². The molecule has 3 aromatic heterocycles. The summed E-state index contributed by atoms with van der Waals surface area (Å²) in [6, 6.07) is 3.13. The van der Waals surface area contributed by atoms with E-state index in [0.717, 1.165) is 42.2 Å². The van der Waals surface area contributed by atoms with Gasteiger partial charge in [0.15, 0.2) is 27.3 Å². The lowest BCUT2D eigenvalue weighted by Gasteiger charge is -2.22. The van der Waals surface area contributed by atoms with Crippen molar-refractivity contribution >= 4 is 33.1 Å². The van der Waals surface area contributed by atoms with Crippen LogP contribution in [0.25, 0.3) is 11.4 Å². The summed E-state index contributed by atoms with van der Waals surface area (Å²) in [5.74, 6) is -1.80. The van der Waals surface area contributed by atoms with Gasteiger partial charge in [0.1, 0.15) is 22.9 Å². The van der Waals surface area contributed by atoms with Gasteiger partial charge in [-0.2, -0.15) is 18.9 Å². The highest BCUT2D eigenvalue weighted by atomic mass is 32.2. The molecular formula is C23H22F4N8O2S. The molecule has 10 nitrogen and oxygen atoms in total. The molecule has 0 bridgehead atoms. The van der Waals surface area contributed by atoms with E-state index < -0.39 is 38.6 Å². The molecule has 5 rings (SSSR count). The van der Waals surface area contributed by atoms with Gasteiger partial charge in [0.05, 0.1) is 11.2 Å². The van der Waals surface area contributed by atoms with E-state index in [-0.39, 0.29) is 29.1 Å². The second kappa shape index (κ2) is 9.38. The van der Waals surface area contributed by atoms with Crippen LogP contribution in [0.4, 0.5) is 40.8 Å². The van der Waals surface area contributed by atoms with Crippen LogP contribution < -0.4 is 10.2 Å². The Morgan fingerprint density at radius 1 is 1.16 bits per heavy atom. The molecule has 1 aliphatic rings. The number of rotatable bonds is 8. The average molecular weight is 551 g/mol. The normalized spacial score (nSPS) is 13.8. The first-order valence-electron chi connectivity index (χ1n) is 11.4. The van der Waals surface area contributed by atoms with E-state index >= 15 is 8.78 Å². The smallest absolute Gasteiger partial charge is 0.319 e. The van der Waals surface area contributed by atoms with E-state index in [1.54, 1.807) is 13.0 Å². The third kappa shape index (κ3) is 4.92. The molecule has 0 unspecified atom stereocenters. The number of halogens is 4. The molecule has 3 heterocycles. The van der Waals surface area contributed by atoms with Gasteiger partial charge in [-0.1, -0.05) is 0 Å². The molecule has 1 aliphatic carbocycles. The Labute approximate surface area is 214 Å². The molecule has 0 spiro atoms. The lowest BCUT2D eigenvalue weighted by Crippen LogP contribution is -2.19. The quantitative estimate of drug-likeness (QED) is 0.299. The van der Waals surface area contributed by atoms with E-state index in [9.17, 15) is 17.2 Å². The number of hydrogen-bond acceptors (Lipinski definition) is 8. The van der Waals surface area contributed by atoms with Crippen molar-refractivity contribution in [2.45, 2.75) is 37.1 Å². The Bertz CT molecular complexity index is 1610. The van der Waals surface area contributed by atoms with Crippen molar-refractivity contribution in [2.75, 3.05) is 23.5 Å². The van der Waals surface area contributed by atoms with Crippen molar-refractivity contribution in [3.8, 4) is 11.4 Å². The van der Waals surface area contributed by atoms with Crippen LogP contribution in [0, 0.1) is 18.6 Å². The monoisotopic (exact) mass is 550 g/mol. The van der Waals surface area contributed by atoms with Crippen molar-refractivity contribution in [1.29, 1.82) is 0 Å². The number of nitrogens with zero attached hydrogens (tertiary/aromatic N) is 6. The molecule has 15 heteroatoms. The van der Waals surface area contributed by atoms with E-state index in [4.69, 9.17) is 0 Å². The van der Waals surface area contributed by atoms with Crippen molar-refractivity contribution in [3.63, 3.8) is 0 Å². The molecule has 38 heavy (non-hydrogen) atoms. The number of imidazole rings is 1. The minimum atomic E-state index is -3.87. The summed E-state index contributed by atoms with van der Waals surface area (Å²) in [5.41, 5.74) is 1.11. The standard InChI is InChI=1S/C23H22F4N8O2S/c1-11-6-17(33-32-11)29-21-18(12-4-5-12)19(16-9-35(10-28-16)22(26)27)30-23(31-21)34(2)20-14(24)7-13(8-15(20)25)38(3,36)37/h6-10,12,22H,4-5H2,1-3H3,(H2,29,30,31,32,33). The Morgan fingerprint density at radius 3 is 2.37 bits per heavy atom. The van der Waals surface area contributed by atoms with Crippen LogP contribution in [0.1, 0.15) is 36.6 Å². The fraction of sp³-hybridized carbons (Fsp3) is 0.304. The Hall–Kier alpha value is -4.01. The Morgan fingerprint density at radius 2 is 1.84 bits per heavy atom. The second-order valence-corrected chi connectivity index (χ2v) is 11.0. The molecule has 0 radical (unpaired) electrons. The van der Waals surface area contributed by atoms with Gasteiger partial charge in [-0.15, -0.1) is 0 Å². The van der Waals surface area contributed by atoms with Gasteiger partial charge >= 0.3 is 6.55 Å². The molecule has 1 saturated carbocycles. The zero-order valence-corrected chi connectivity index (χ0v) is 21.2. The maximum atomic E-state index is 15.0. The number of nitrogens with one attached hydrogen (secondary N) is 2. The maximum absolute atomic E-state index is 15.0. The third-order valence-corrected chi connectivity index (χ3v) is 7.09. The first-order valence-corrected chi connectivity index (χ1v) is 13.3. The molecular weight excluding hydrogens is 528 g/mol. The first kappa shape index (κ1) is 25.6. The van der Waals surface area contributed by atoms with E-state index in [1.807, 2.05) is 0 Å². The molecule has 0 amide bonds. The lowest BCUT2D eigenvalue weighted by atomic mass is 10.1. The van der Waals surface area contributed by atoms with Crippen LogP contribution in [0.5, 0.6) is 0 Å². The van der Waals surface area contributed by atoms with Gasteiger partial charge < -0.3 is 10.2 Å². The zero-order valence-electron chi connectivity index (χ0n) is 20.4. The lowest BCUT2D eigenvalue weighted by molar-refractivity contribution is 0.0702. The molecule has 0 atom stereocenters. The molecule has 1 aromatic carbocycles. The van der Waals surface area contributed by atoms with Crippen LogP contribution in [-0.2, 0) is 9.84 Å². The number of aromatic nitrogens is 6. The van der Waals surface area contributed by atoms with E-state index in [2.05, 4.69) is 30.5 Å². The SMILES string of the molecule is Cc1cc(Nc2nc(N(C)c3c(F)cc(S(C)(=O)=O)cc3F)nc(-c3cn(C(F)F)cn3)c2C2CC2)n[nH]1. The highest BCUT2D eigenvalue weighted by Gasteiger charge is 2.34. The fourth-order valence-corrected chi connectivity index (χ4v) is 4.64. The van der Waals surface area contributed by atoms with E-state index in [1.165, 1.54) is 7.05 Å². The number of alkyl halides is 2. The summed E-state index contributed by atoms with van der Waals surface area (Å²) in [5, 5.41) is 10.0. The minimum absolute atomic E-state index is 0.00566. The Balaban J connectivity index is 1.68. The molecule has 2 N–H and O–H groups in total. The van der Waals surface area contributed by atoms with Gasteiger partial charge in [0, 0.05) is 36.8 Å². The molecule has 4 aromatic rings. The summed E-state index contributed by atoms with van der Waals surface area (Å²) >= 11 is 0. The minimum Gasteiger partial charge on any atom is -0.323 e. The molecule has 0 saturated heterocycles. The molecule has 0 aliphatic heterocycles. The molecule has 1 fully saturated rings. The van der Waals surface area contributed by atoms with Gasteiger partial charge in [-0.25, -0.2) is 27.2 Å². The number of hydrogen-bond donors (Lipinski definition) is 2. The largest absolute Gasteiger partial charge is 0.323 e. The predicted molar refractivity (Wildman–Crippen MR) is 131 cm³/mol. The van der Waals surface area contributed by atoms with Crippen molar-refractivity contribution in [2.24, 2.45) is 0 Å². The fourth-order valence-electron chi connectivity index (χ4n) is 4.00. The number of benzene rings is 1. The molecule has 200 valence electrons. The summed E-state index contributed by atoms with van der Waals surface area (Å²) in [6.45, 7) is -1.03. The van der Waals surface area contributed by atoms with Gasteiger partial charge in [-0.05, 0) is 37.8 Å². The highest BCUT2D eigenvalue weighted by molar-refractivity contribution is 7.90. The summed E-state index contributed by atoms with van der Waals surface area (Å²) in [6.07, 6.45) is 4.53. The second-order valence-electron chi connectivity index (χ2n) is 9.02.